The van der Waals surface area contributed by atoms with Gasteiger partial charge in [-0.05, 0) is 5.56 Å². The van der Waals surface area contributed by atoms with Crippen LogP contribution in [-0.2, 0) is 24.7 Å². The number of carbonyl (C=O) groups is 2. The van der Waals surface area contributed by atoms with Crippen molar-refractivity contribution < 1.29 is 57.0 Å². The van der Waals surface area contributed by atoms with E-state index >= 15 is 0 Å². The third kappa shape index (κ3) is 5.70. The monoisotopic (exact) mass is 473 g/mol. The number of hydrogen-bond donors (Lipinski definition) is 2. The van der Waals surface area contributed by atoms with Crippen LogP contribution < -0.4 is 40.6 Å². The summed E-state index contributed by atoms with van der Waals surface area (Å²) >= 11 is 1.07. The summed E-state index contributed by atoms with van der Waals surface area (Å²) in [4.78, 5) is 33.5. The van der Waals surface area contributed by atoms with Gasteiger partial charge < -0.3 is 20.4 Å². The van der Waals surface area contributed by atoms with Crippen molar-refractivity contribution >= 4 is 50.4 Å². The van der Waals surface area contributed by atoms with Crippen LogP contribution in [0.5, 0.6) is 0 Å². The maximum Gasteiger partial charge on any atom is 1.00 e. The van der Waals surface area contributed by atoms with Gasteiger partial charge in [0.2, 0.25) is 0 Å². The minimum Gasteiger partial charge on any atom is -0.731 e. The van der Waals surface area contributed by atoms with Gasteiger partial charge >= 0.3 is 29.6 Å². The zero-order valence-electron chi connectivity index (χ0n) is 16.5. The van der Waals surface area contributed by atoms with E-state index in [4.69, 9.17) is 5.73 Å². The summed E-state index contributed by atoms with van der Waals surface area (Å²) in [6, 6.07) is 6.32. The number of benzene rings is 1. The Morgan fingerprint density at radius 3 is 2.61 bits per heavy atom. The number of β-lactam (4-membered cyclic amide) rings is 1. The number of thiazole rings is 1. The van der Waals surface area contributed by atoms with Crippen LogP contribution in [0.25, 0.3) is 6.08 Å². The second-order valence-corrected chi connectivity index (χ2v) is 8.14. The normalized spacial score (nSPS) is 19.0. The summed E-state index contributed by atoms with van der Waals surface area (Å²) in [5.41, 5.74) is 6.14. The van der Waals surface area contributed by atoms with Gasteiger partial charge in [0, 0.05) is 5.38 Å². The number of carbonyl (C=O) groups excluding carboxylic acids is 2. The van der Waals surface area contributed by atoms with E-state index in [-0.39, 0.29) is 50.4 Å². The molecule has 0 bridgehead atoms. The molecule has 2 amide bonds. The van der Waals surface area contributed by atoms with Gasteiger partial charge in [-0.1, -0.05) is 47.6 Å². The Balaban J connectivity index is 0.00000341. The van der Waals surface area contributed by atoms with Crippen LogP contribution in [0.3, 0.4) is 0 Å². The zero-order valence-corrected chi connectivity index (χ0v) is 20.1. The molecule has 0 radical (unpaired) electrons. The summed E-state index contributed by atoms with van der Waals surface area (Å²) in [5.74, 6) is -1.91. The molecule has 1 aliphatic rings. The largest absolute Gasteiger partial charge is 1.00 e. The van der Waals surface area contributed by atoms with Gasteiger partial charge in [-0.3, -0.25) is 9.59 Å². The molecule has 1 saturated heterocycles. The van der Waals surface area contributed by atoms with E-state index in [1.54, 1.807) is 36.4 Å². The molecule has 1 aromatic carbocycles. The Hall–Kier alpha value is -2.29. The van der Waals surface area contributed by atoms with Gasteiger partial charge in [0.15, 0.2) is 21.1 Å². The van der Waals surface area contributed by atoms with Gasteiger partial charge in [-0.2, -0.15) is 0 Å². The molecule has 1 aromatic heterocycles. The number of hydrogen-bond acceptors (Lipinski definition) is 10. The first-order chi connectivity index (χ1) is 14.2. The van der Waals surface area contributed by atoms with E-state index in [2.05, 4.69) is 20.3 Å². The molecule has 2 aromatic rings. The van der Waals surface area contributed by atoms with Crippen molar-refractivity contribution in [1.82, 2.24) is 14.6 Å². The topological polar surface area (TPSA) is 167 Å². The molecule has 2 heterocycles. The molecule has 1 aliphatic heterocycles. The van der Waals surface area contributed by atoms with Crippen molar-refractivity contribution in [3.63, 3.8) is 0 Å². The number of oxime groups is 1. The fraction of sp³-hybridized carbons (Fsp3) is 0.176. The average Bonchev–Trinajstić information content (AvgIpc) is 3.12. The molecule has 0 aliphatic carbocycles. The van der Waals surface area contributed by atoms with E-state index < -0.39 is 34.2 Å². The number of nitrogens with one attached hydrogen (secondary N) is 1. The van der Waals surface area contributed by atoms with Crippen LogP contribution >= 0.6 is 11.3 Å². The van der Waals surface area contributed by atoms with Crippen LogP contribution in [-0.4, -0.2) is 59.0 Å². The Labute approximate surface area is 204 Å². The van der Waals surface area contributed by atoms with Crippen molar-refractivity contribution in [2.75, 3.05) is 12.8 Å². The summed E-state index contributed by atoms with van der Waals surface area (Å²) in [6.07, 6.45) is 2.89. The van der Waals surface area contributed by atoms with Gasteiger partial charge in [-0.15, -0.1) is 11.3 Å². The summed E-state index contributed by atoms with van der Waals surface area (Å²) in [5, 5.41) is 7.63. The summed E-state index contributed by atoms with van der Waals surface area (Å²) < 4.78 is 34.6. The van der Waals surface area contributed by atoms with Gasteiger partial charge in [0.1, 0.15) is 18.8 Å². The number of nitrogens with two attached hydrogens (primary N) is 1. The van der Waals surface area contributed by atoms with E-state index in [0.29, 0.717) is 5.56 Å². The summed E-state index contributed by atoms with van der Waals surface area (Å²) in [6.45, 7) is 0. The first-order valence-electron chi connectivity index (χ1n) is 8.38. The molecule has 0 spiro atoms. The zero-order chi connectivity index (χ0) is 21.9. The fourth-order valence-electron chi connectivity index (χ4n) is 2.75. The molecule has 1 fully saturated rings. The molecule has 3 N–H and O–H groups in total. The van der Waals surface area contributed by atoms with Crippen molar-refractivity contribution in [3.8, 4) is 0 Å². The number of nitrogens with zero attached hydrogens (tertiary/aromatic N) is 3. The van der Waals surface area contributed by atoms with Crippen LogP contribution in [0.4, 0.5) is 5.13 Å². The van der Waals surface area contributed by atoms with Gasteiger partial charge in [0.05, 0.1) is 6.04 Å². The predicted octanol–water partition coefficient (Wildman–Crippen LogP) is -3.05. The maximum absolute atomic E-state index is 12.6. The quantitative estimate of drug-likeness (QED) is 0.141. The van der Waals surface area contributed by atoms with Crippen LogP contribution in [0, 0.1) is 0 Å². The van der Waals surface area contributed by atoms with Crippen molar-refractivity contribution in [2.45, 2.75) is 12.1 Å². The third-order valence-corrected chi connectivity index (χ3v) is 5.65. The Morgan fingerprint density at radius 2 is 2.06 bits per heavy atom. The first-order valence-corrected chi connectivity index (χ1v) is 10.6. The minimum absolute atomic E-state index is 0. The van der Waals surface area contributed by atoms with Crippen molar-refractivity contribution in [1.29, 1.82) is 0 Å². The molecule has 0 unspecified atom stereocenters. The molecular weight excluding hydrogens is 457 g/mol. The number of anilines is 1. The number of nitrogen functional groups attached to an aromatic ring is 1. The average molecular weight is 473 g/mol. The van der Waals surface area contributed by atoms with E-state index in [0.717, 1.165) is 11.3 Å². The predicted molar refractivity (Wildman–Crippen MR) is 108 cm³/mol. The Kier molecular flexibility index (Phi) is 8.34. The molecule has 2 atom stereocenters. The van der Waals surface area contributed by atoms with Crippen LogP contribution in [0.1, 0.15) is 11.3 Å². The second kappa shape index (κ2) is 10.3. The van der Waals surface area contributed by atoms with Crippen LogP contribution in [0.2, 0.25) is 0 Å². The smallest absolute Gasteiger partial charge is 0.731 e. The van der Waals surface area contributed by atoms with E-state index in [1.807, 2.05) is 0 Å². The van der Waals surface area contributed by atoms with E-state index in [9.17, 15) is 22.6 Å². The first kappa shape index (κ1) is 25.0. The number of amides is 2. The molecular formula is C17H16N5NaO6S2. The van der Waals surface area contributed by atoms with Crippen molar-refractivity contribution in [3.05, 3.63) is 53.0 Å². The van der Waals surface area contributed by atoms with Crippen LogP contribution in [0.15, 0.2) is 46.9 Å². The van der Waals surface area contributed by atoms with E-state index in [1.165, 1.54) is 18.6 Å². The SMILES string of the molecule is CO/N=C(\C(=O)N[C@H]1C(=O)N(S(=O)(=O)[O-])[C@H]1/C=C/c1ccccc1)c1csc(N)n1.[Na+]. The maximum atomic E-state index is 12.6. The number of aromatic nitrogens is 1. The molecule has 11 nitrogen and oxygen atoms in total. The number of rotatable bonds is 7. The van der Waals surface area contributed by atoms with Crippen molar-refractivity contribution in [2.24, 2.45) is 5.16 Å². The molecule has 14 heteroatoms. The summed E-state index contributed by atoms with van der Waals surface area (Å²) in [7, 11) is -3.85. The second-order valence-electron chi connectivity index (χ2n) is 6.00. The molecule has 0 saturated carbocycles. The Morgan fingerprint density at radius 1 is 1.39 bits per heavy atom. The minimum atomic E-state index is -5.07. The standard InChI is InChI=1S/C17H17N5O6S2.Na/c1-28-21-13(11-9-29-17(18)19-11)15(23)20-14-12(22(16(14)24)30(25,26)27)8-7-10-5-3-2-4-6-10;/h2-9,12,14H,1H3,(H2,18,19)(H,20,23)(H,25,26,27);/q;+1/p-1/b8-7+,21-13-;/t12-,14+;/m0./s1. The van der Waals surface area contributed by atoms with Gasteiger partial charge in [0.25, 0.3) is 11.8 Å². The third-order valence-electron chi connectivity index (χ3n) is 4.07. The fourth-order valence-corrected chi connectivity index (χ4v) is 4.13. The van der Waals surface area contributed by atoms with Gasteiger partial charge in [-0.25, -0.2) is 17.7 Å². The molecule has 3 rings (SSSR count). The Bertz CT molecular complexity index is 1120. The molecule has 158 valence electrons. The molecule has 31 heavy (non-hydrogen) atoms.